The third-order valence-electron chi connectivity index (χ3n) is 3.83. The van der Waals surface area contributed by atoms with Gasteiger partial charge in [0.25, 0.3) is 5.56 Å². The van der Waals surface area contributed by atoms with Crippen molar-refractivity contribution in [1.29, 1.82) is 0 Å². The van der Waals surface area contributed by atoms with Gasteiger partial charge in [0.2, 0.25) is 5.91 Å². The molecule has 2 N–H and O–H groups in total. The van der Waals surface area contributed by atoms with Gasteiger partial charge in [0.15, 0.2) is 5.16 Å². The van der Waals surface area contributed by atoms with Crippen molar-refractivity contribution >= 4 is 29.3 Å². The van der Waals surface area contributed by atoms with Crippen molar-refractivity contribution in [3.05, 3.63) is 82.3 Å². The SMILES string of the molecule is COC(=O)c1ccc(NC(=O)CSc2nc(COc3ccccc3)cc(=O)[nH]2)cc1. The van der Waals surface area contributed by atoms with E-state index in [4.69, 9.17) is 4.74 Å². The number of carbonyl (C=O) groups is 2. The Morgan fingerprint density at radius 1 is 1.10 bits per heavy atom. The Balaban J connectivity index is 1.54. The summed E-state index contributed by atoms with van der Waals surface area (Å²) in [5, 5.41) is 3.04. The number of hydrogen-bond donors (Lipinski definition) is 2. The molecular formula is C21H19N3O5S. The highest BCUT2D eigenvalue weighted by Gasteiger charge is 2.09. The molecule has 30 heavy (non-hydrogen) atoms. The molecule has 0 saturated heterocycles. The number of aromatic nitrogens is 2. The van der Waals surface area contributed by atoms with E-state index in [2.05, 4.69) is 20.0 Å². The van der Waals surface area contributed by atoms with E-state index in [9.17, 15) is 14.4 Å². The van der Waals surface area contributed by atoms with Gasteiger partial charge in [-0.2, -0.15) is 0 Å². The third-order valence-corrected chi connectivity index (χ3v) is 4.71. The number of thioether (sulfide) groups is 1. The molecule has 0 aliphatic heterocycles. The fraction of sp³-hybridized carbons (Fsp3) is 0.143. The van der Waals surface area contributed by atoms with Gasteiger partial charge in [-0.3, -0.25) is 9.59 Å². The van der Waals surface area contributed by atoms with Crippen LogP contribution in [0.1, 0.15) is 16.1 Å². The molecule has 0 aliphatic carbocycles. The zero-order valence-corrected chi connectivity index (χ0v) is 16.9. The molecular weight excluding hydrogens is 406 g/mol. The predicted octanol–water partition coefficient (Wildman–Crippen LogP) is 2.87. The molecule has 3 aromatic rings. The maximum atomic E-state index is 12.2. The standard InChI is InChI=1S/C21H19N3O5S/c1-28-20(27)14-7-9-15(10-8-14)22-19(26)13-30-21-23-16(11-18(25)24-21)12-29-17-5-3-2-4-6-17/h2-11H,12-13H2,1H3,(H,22,26)(H,23,24,25). The third kappa shape index (κ3) is 6.21. The first-order valence-corrected chi connectivity index (χ1v) is 9.91. The fourth-order valence-corrected chi connectivity index (χ4v) is 3.13. The maximum absolute atomic E-state index is 12.2. The van der Waals surface area contributed by atoms with Gasteiger partial charge >= 0.3 is 5.97 Å². The summed E-state index contributed by atoms with van der Waals surface area (Å²) in [4.78, 5) is 42.4. The first kappa shape index (κ1) is 21.1. The van der Waals surface area contributed by atoms with Crippen molar-refractivity contribution in [1.82, 2.24) is 9.97 Å². The molecule has 1 heterocycles. The lowest BCUT2D eigenvalue weighted by atomic mass is 10.2. The van der Waals surface area contributed by atoms with Crippen LogP contribution >= 0.6 is 11.8 Å². The van der Waals surface area contributed by atoms with Crippen LogP contribution in [0.5, 0.6) is 5.75 Å². The number of esters is 1. The van der Waals surface area contributed by atoms with Gasteiger partial charge in [0.05, 0.1) is 24.1 Å². The Hall–Kier alpha value is -3.59. The average Bonchev–Trinajstić information content (AvgIpc) is 2.77. The number of carbonyl (C=O) groups excluding carboxylic acids is 2. The summed E-state index contributed by atoms with van der Waals surface area (Å²) in [6.07, 6.45) is 0. The van der Waals surface area contributed by atoms with Crippen molar-refractivity contribution in [3.63, 3.8) is 0 Å². The number of anilines is 1. The highest BCUT2D eigenvalue weighted by molar-refractivity contribution is 7.99. The lowest BCUT2D eigenvalue weighted by Crippen LogP contribution is -2.16. The van der Waals surface area contributed by atoms with Crippen LogP contribution in [-0.4, -0.2) is 34.7 Å². The largest absolute Gasteiger partial charge is 0.487 e. The second-order valence-corrected chi connectivity index (χ2v) is 7.01. The summed E-state index contributed by atoms with van der Waals surface area (Å²) in [7, 11) is 1.30. The van der Waals surface area contributed by atoms with Gasteiger partial charge in [0, 0.05) is 11.8 Å². The Morgan fingerprint density at radius 2 is 1.83 bits per heavy atom. The number of ether oxygens (including phenoxy) is 2. The van der Waals surface area contributed by atoms with Crippen LogP contribution in [-0.2, 0) is 16.1 Å². The second kappa shape index (κ2) is 10.3. The van der Waals surface area contributed by atoms with Crippen molar-refractivity contribution in [2.75, 3.05) is 18.2 Å². The van der Waals surface area contributed by atoms with Crippen LogP contribution in [0.25, 0.3) is 0 Å². The van der Waals surface area contributed by atoms with E-state index >= 15 is 0 Å². The molecule has 3 rings (SSSR count). The number of nitrogens with zero attached hydrogens (tertiary/aromatic N) is 1. The normalized spacial score (nSPS) is 10.3. The number of H-pyrrole nitrogens is 1. The minimum absolute atomic E-state index is 0.0463. The highest BCUT2D eigenvalue weighted by Crippen LogP contribution is 2.15. The second-order valence-electron chi connectivity index (χ2n) is 6.05. The molecule has 0 spiro atoms. The molecule has 9 heteroatoms. The zero-order valence-electron chi connectivity index (χ0n) is 16.1. The molecule has 0 unspecified atom stereocenters. The van der Waals surface area contributed by atoms with E-state index in [1.807, 2.05) is 30.3 Å². The minimum atomic E-state index is -0.449. The summed E-state index contributed by atoms with van der Waals surface area (Å²) in [5.74, 6) is -0.00889. The van der Waals surface area contributed by atoms with Crippen LogP contribution in [0.15, 0.2) is 70.6 Å². The molecule has 8 nitrogen and oxygen atoms in total. The summed E-state index contributed by atoms with van der Waals surface area (Å²) in [6, 6.07) is 16.9. The molecule has 0 aliphatic rings. The van der Waals surface area contributed by atoms with Crippen LogP contribution < -0.4 is 15.6 Å². The van der Waals surface area contributed by atoms with E-state index in [-0.39, 0.29) is 23.8 Å². The van der Waals surface area contributed by atoms with Gasteiger partial charge in [-0.05, 0) is 36.4 Å². The topological polar surface area (TPSA) is 110 Å². The average molecular weight is 425 g/mol. The maximum Gasteiger partial charge on any atom is 0.337 e. The summed E-state index contributed by atoms with van der Waals surface area (Å²) < 4.78 is 10.2. The lowest BCUT2D eigenvalue weighted by Gasteiger charge is -2.08. The van der Waals surface area contributed by atoms with Crippen LogP contribution in [0.3, 0.4) is 0 Å². The molecule has 0 atom stereocenters. The Bertz CT molecular complexity index is 1070. The molecule has 154 valence electrons. The number of benzene rings is 2. The number of para-hydroxylation sites is 1. The first-order chi connectivity index (χ1) is 14.5. The van der Waals surface area contributed by atoms with Crippen molar-refractivity contribution in [2.24, 2.45) is 0 Å². The molecule has 0 bridgehead atoms. The molecule has 1 aromatic heterocycles. The van der Waals surface area contributed by atoms with Crippen molar-refractivity contribution < 1.29 is 19.1 Å². The molecule has 2 aromatic carbocycles. The minimum Gasteiger partial charge on any atom is -0.487 e. The van der Waals surface area contributed by atoms with E-state index in [0.29, 0.717) is 27.9 Å². The molecule has 1 amide bonds. The van der Waals surface area contributed by atoms with Crippen LogP contribution in [0, 0.1) is 0 Å². The Labute approximate surface area is 176 Å². The van der Waals surface area contributed by atoms with Crippen LogP contribution in [0.4, 0.5) is 5.69 Å². The van der Waals surface area contributed by atoms with Crippen LogP contribution in [0.2, 0.25) is 0 Å². The number of amides is 1. The number of nitrogens with one attached hydrogen (secondary N) is 2. The number of hydrogen-bond acceptors (Lipinski definition) is 7. The molecule has 0 radical (unpaired) electrons. The van der Waals surface area contributed by atoms with Gasteiger partial charge in [0.1, 0.15) is 12.4 Å². The molecule has 0 fully saturated rings. The van der Waals surface area contributed by atoms with Gasteiger partial charge in [-0.15, -0.1) is 0 Å². The summed E-state index contributed by atoms with van der Waals surface area (Å²) in [5.41, 5.74) is 1.07. The van der Waals surface area contributed by atoms with Gasteiger partial charge < -0.3 is 19.8 Å². The van der Waals surface area contributed by atoms with Crippen molar-refractivity contribution in [2.45, 2.75) is 11.8 Å². The monoisotopic (exact) mass is 425 g/mol. The predicted molar refractivity (Wildman–Crippen MR) is 113 cm³/mol. The number of rotatable bonds is 8. The Kier molecular flexibility index (Phi) is 7.23. The molecule has 0 saturated carbocycles. The summed E-state index contributed by atoms with van der Waals surface area (Å²) in [6.45, 7) is 0.139. The summed E-state index contributed by atoms with van der Waals surface area (Å²) >= 11 is 1.10. The van der Waals surface area contributed by atoms with E-state index in [0.717, 1.165) is 11.8 Å². The van der Waals surface area contributed by atoms with Gasteiger partial charge in [-0.1, -0.05) is 30.0 Å². The van der Waals surface area contributed by atoms with Crippen molar-refractivity contribution in [3.8, 4) is 5.75 Å². The van der Waals surface area contributed by atoms with Gasteiger partial charge in [-0.25, -0.2) is 9.78 Å². The number of aromatic amines is 1. The zero-order chi connectivity index (χ0) is 21.3. The van der Waals surface area contributed by atoms with E-state index < -0.39 is 5.97 Å². The van der Waals surface area contributed by atoms with E-state index in [1.54, 1.807) is 24.3 Å². The first-order valence-electron chi connectivity index (χ1n) is 8.92. The Morgan fingerprint density at radius 3 is 2.53 bits per heavy atom. The highest BCUT2D eigenvalue weighted by atomic mass is 32.2. The fourth-order valence-electron chi connectivity index (χ4n) is 2.44. The lowest BCUT2D eigenvalue weighted by molar-refractivity contribution is -0.113. The quantitative estimate of drug-likeness (QED) is 0.324. The smallest absolute Gasteiger partial charge is 0.337 e. The number of methoxy groups -OCH3 is 1. The van der Waals surface area contributed by atoms with E-state index in [1.165, 1.54) is 13.2 Å².